The Morgan fingerprint density at radius 2 is 2.47 bits per heavy atom. The van der Waals surface area contributed by atoms with Crippen LogP contribution in [0.15, 0.2) is 11.4 Å². The number of aryl methyl sites for hydroxylation is 1. The number of β-amino-alcohol motifs (C(OH)–C–C–N with tert-alkyl or cyclic N) is 1. The van der Waals surface area contributed by atoms with Crippen LogP contribution in [0.1, 0.15) is 28.1 Å². The molecule has 0 aromatic carbocycles. The summed E-state index contributed by atoms with van der Waals surface area (Å²) >= 11 is 1.48. The van der Waals surface area contributed by atoms with Crippen molar-refractivity contribution in [3.8, 4) is 0 Å². The molecule has 15 heavy (non-hydrogen) atoms. The Hall–Kier alpha value is -0.870. The molecular formula is C11H15NO2S. The van der Waals surface area contributed by atoms with E-state index >= 15 is 0 Å². The smallest absolute Gasteiger partial charge is 0.264 e. The minimum atomic E-state index is -0.344. The molecule has 1 aromatic rings. The molecule has 1 saturated heterocycles. The molecule has 2 rings (SSSR count). The first-order chi connectivity index (χ1) is 7.18. The maximum atomic E-state index is 12.1. The highest BCUT2D eigenvalue weighted by Gasteiger charge is 2.24. The normalized spacial score (nSPS) is 21.7. The molecule has 4 heteroatoms. The molecule has 1 N–H and O–H groups in total. The average molecular weight is 225 g/mol. The number of aliphatic hydroxyl groups is 1. The Morgan fingerprint density at radius 3 is 3.07 bits per heavy atom. The molecule has 1 aromatic heterocycles. The van der Waals surface area contributed by atoms with Crippen molar-refractivity contribution in [3.63, 3.8) is 0 Å². The maximum absolute atomic E-state index is 12.1. The van der Waals surface area contributed by atoms with Crippen molar-refractivity contribution in [1.82, 2.24) is 4.90 Å². The van der Waals surface area contributed by atoms with Gasteiger partial charge in [0.1, 0.15) is 0 Å². The first-order valence-corrected chi connectivity index (χ1v) is 6.08. The maximum Gasteiger partial charge on any atom is 0.264 e. The highest BCUT2D eigenvalue weighted by atomic mass is 32.1. The quantitative estimate of drug-likeness (QED) is 0.789. The number of hydrogen-bond donors (Lipinski definition) is 1. The molecule has 0 spiro atoms. The second-order valence-corrected chi connectivity index (χ2v) is 4.90. The van der Waals surface area contributed by atoms with Gasteiger partial charge in [0.2, 0.25) is 0 Å². The highest BCUT2D eigenvalue weighted by Crippen LogP contribution is 2.20. The molecule has 0 aliphatic carbocycles. The van der Waals surface area contributed by atoms with Crippen LogP contribution in [-0.4, -0.2) is 35.1 Å². The van der Waals surface area contributed by atoms with Gasteiger partial charge in [-0.1, -0.05) is 0 Å². The lowest BCUT2D eigenvalue weighted by Crippen LogP contribution is -2.42. The molecule has 0 bridgehead atoms. The van der Waals surface area contributed by atoms with Crippen LogP contribution >= 0.6 is 11.3 Å². The van der Waals surface area contributed by atoms with Crippen molar-refractivity contribution in [2.75, 3.05) is 13.1 Å². The van der Waals surface area contributed by atoms with Gasteiger partial charge in [-0.2, -0.15) is 0 Å². The number of rotatable bonds is 1. The van der Waals surface area contributed by atoms with E-state index in [9.17, 15) is 9.90 Å². The molecule has 1 aliphatic rings. The monoisotopic (exact) mass is 225 g/mol. The van der Waals surface area contributed by atoms with E-state index in [4.69, 9.17) is 0 Å². The summed E-state index contributed by atoms with van der Waals surface area (Å²) in [5.41, 5.74) is 1.03. The van der Waals surface area contributed by atoms with Gasteiger partial charge in [-0.15, -0.1) is 11.3 Å². The fraction of sp³-hybridized carbons (Fsp3) is 0.545. The molecule has 0 unspecified atom stereocenters. The number of nitrogens with zero attached hydrogens (tertiary/aromatic N) is 1. The zero-order chi connectivity index (χ0) is 10.8. The van der Waals surface area contributed by atoms with Gasteiger partial charge in [0.05, 0.1) is 11.0 Å². The number of amides is 1. The van der Waals surface area contributed by atoms with E-state index in [1.54, 1.807) is 4.90 Å². The predicted octanol–water partition coefficient (Wildman–Crippen LogP) is 1.65. The minimum absolute atomic E-state index is 0.0706. The van der Waals surface area contributed by atoms with Crippen LogP contribution in [0.4, 0.5) is 0 Å². The number of carbonyl (C=O) groups excluding carboxylic acids is 1. The summed E-state index contributed by atoms with van der Waals surface area (Å²) in [5, 5.41) is 11.4. The van der Waals surface area contributed by atoms with Crippen molar-refractivity contribution in [1.29, 1.82) is 0 Å². The molecule has 0 radical (unpaired) electrons. The van der Waals surface area contributed by atoms with Crippen LogP contribution in [-0.2, 0) is 0 Å². The highest BCUT2D eigenvalue weighted by molar-refractivity contribution is 7.12. The van der Waals surface area contributed by atoms with Crippen molar-refractivity contribution in [3.05, 3.63) is 21.9 Å². The fourth-order valence-corrected chi connectivity index (χ4v) is 2.77. The average Bonchev–Trinajstić information content (AvgIpc) is 2.63. The lowest BCUT2D eigenvalue weighted by Gasteiger charge is -2.29. The van der Waals surface area contributed by atoms with Crippen LogP contribution in [0.25, 0.3) is 0 Å². The summed E-state index contributed by atoms with van der Waals surface area (Å²) in [6, 6.07) is 1.96. The number of thiophene rings is 1. The minimum Gasteiger partial charge on any atom is -0.391 e. The molecule has 1 aliphatic heterocycles. The summed E-state index contributed by atoms with van der Waals surface area (Å²) in [7, 11) is 0. The topological polar surface area (TPSA) is 40.5 Å². The van der Waals surface area contributed by atoms with Crippen molar-refractivity contribution >= 4 is 17.2 Å². The molecule has 82 valence electrons. The summed E-state index contributed by atoms with van der Waals surface area (Å²) < 4.78 is 0. The number of likely N-dealkylation sites (tertiary alicyclic amines) is 1. The van der Waals surface area contributed by atoms with Gasteiger partial charge in [0, 0.05) is 13.1 Å². The number of aliphatic hydroxyl groups excluding tert-OH is 1. The SMILES string of the molecule is Cc1ccsc1C(=O)N1CCC[C@H](O)C1. The van der Waals surface area contributed by atoms with Gasteiger partial charge >= 0.3 is 0 Å². The van der Waals surface area contributed by atoms with Crippen molar-refractivity contribution in [2.24, 2.45) is 0 Å². The summed E-state index contributed by atoms with van der Waals surface area (Å²) in [5.74, 6) is 0.0706. The van der Waals surface area contributed by atoms with E-state index in [0.717, 1.165) is 29.8 Å². The first kappa shape index (κ1) is 10.6. The van der Waals surface area contributed by atoms with Gasteiger partial charge in [0.25, 0.3) is 5.91 Å². The Labute approximate surface area is 93.3 Å². The number of hydrogen-bond acceptors (Lipinski definition) is 3. The third-order valence-electron chi connectivity index (χ3n) is 2.74. The van der Waals surface area contributed by atoms with Gasteiger partial charge in [-0.3, -0.25) is 4.79 Å². The molecule has 1 fully saturated rings. The molecule has 1 atom stereocenters. The molecule has 2 heterocycles. The molecule has 3 nitrogen and oxygen atoms in total. The fourth-order valence-electron chi connectivity index (χ4n) is 1.87. The van der Waals surface area contributed by atoms with Crippen LogP contribution in [0.3, 0.4) is 0 Å². The van der Waals surface area contributed by atoms with Gasteiger partial charge in [-0.05, 0) is 36.8 Å². The van der Waals surface area contributed by atoms with Crippen molar-refractivity contribution in [2.45, 2.75) is 25.9 Å². The van der Waals surface area contributed by atoms with Crippen LogP contribution in [0.2, 0.25) is 0 Å². The third kappa shape index (κ3) is 2.21. The van der Waals surface area contributed by atoms with E-state index in [0.29, 0.717) is 6.54 Å². The zero-order valence-electron chi connectivity index (χ0n) is 8.77. The van der Waals surface area contributed by atoms with Crippen LogP contribution in [0.5, 0.6) is 0 Å². The van der Waals surface area contributed by atoms with E-state index in [1.165, 1.54) is 11.3 Å². The second kappa shape index (κ2) is 4.33. The molecular weight excluding hydrogens is 210 g/mol. The van der Waals surface area contributed by atoms with E-state index in [-0.39, 0.29) is 12.0 Å². The Morgan fingerprint density at radius 1 is 1.67 bits per heavy atom. The van der Waals surface area contributed by atoms with Gasteiger partial charge in [-0.25, -0.2) is 0 Å². The largest absolute Gasteiger partial charge is 0.391 e. The Bertz CT molecular complexity index is 361. The van der Waals surface area contributed by atoms with Crippen LogP contribution < -0.4 is 0 Å². The predicted molar refractivity (Wildman–Crippen MR) is 60.2 cm³/mol. The first-order valence-electron chi connectivity index (χ1n) is 5.20. The number of piperidine rings is 1. The molecule has 1 amide bonds. The lowest BCUT2D eigenvalue weighted by molar-refractivity contribution is 0.0477. The molecule has 0 saturated carbocycles. The Kier molecular flexibility index (Phi) is 3.07. The van der Waals surface area contributed by atoms with E-state index in [2.05, 4.69) is 0 Å². The van der Waals surface area contributed by atoms with E-state index < -0.39 is 0 Å². The lowest BCUT2D eigenvalue weighted by atomic mass is 10.1. The van der Waals surface area contributed by atoms with Crippen LogP contribution in [0, 0.1) is 6.92 Å². The summed E-state index contributed by atoms with van der Waals surface area (Å²) in [4.78, 5) is 14.6. The third-order valence-corrected chi connectivity index (χ3v) is 3.74. The summed E-state index contributed by atoms with van der Waals surface area (Å²) in [6.07, 6.45) is 1.37. The summed E-state index contributed by atoms with van der Waals surface area (Å²) in [6.45, 7) is 3.20. The van der Waals surface area contributed by atoms with E-state index in [1.807, 2.05) is 18.4 Å². The van der Waals surface area contributed by atoms with Crippen molar-refractivity contribution < 1.29 is 9.90 Å². The second-order valence-electron chi connectivity index (χ2n) is 3.98. The zero-order valence-corrected chi connectivity index (χ0v) is 9.59. The number of carbonyl (C=O) groups is 1. The van der Waals surface area contributed by atoms with Gasteiger partial charge < -0.3 is 10.0 Å². The Balaban J connectivity index is 2.11. The standard InChI is InChI=1S/C11H15NO2S/c1-8-4-6-15-10(8)11(14)12-5-2-3-9(13)7-12/h4,6,9,13H,2-3,5,7H2,1H3/t9-/m0/s1. The van der Waals surface area contributed by atoms with Gasteiger partial charge in [0.15, 0.2) is 0 Å².